The van der Waals surface area contributed by atoms with E-state index in [0.29, 0.717) is 0 Å². The topological polar surface area (TPSA) is 45.8 Å². The van der Waals surface area contributed by atoms with Crippen molar-refractivity contribution in [3.8, 4) is 0 Å². The third-order valence-electron chi connectivity index (χ3n) is 3.04. The Morgan fingerprint density at radius 3 is 3.07 bits per heavy atom. The molecule has 3 rings (SSSR count). The summed E-state index contributed by atoms with van der Waals surface area (Å²) >= 11 is 0. The minimum absolute atomic E-state index is 0.170. The van der Waals surface area contributed by atoms with Crippen LogP contribution in [-0.2, 0) is 12.8 Å². The van der Waals surface area contributed by atoms with Crippen LogP contribution in [0.15, 0.2) is 16.9 Å². The van der Waals surface area contributed by atoms with Gasteiger partial charge in [-0.1, -0.05) is 0 Å². The lowest BCUT2D eigenvalue weighted by molar-refractivity contribution is 0.899. The maximum Gasteiger partial charge on any atom is 0.194 e. The number of nitrogens with one attached hydrogen (secondary N) is 1. The molecular formula is C12H12N2O. The third kappa shape index (κ3) is 1.19. The van der Waals surface area contributed by atoms with Crippen LogP contribution in [0, 0.1) is 6.92 Å². The van der Waals surface area contributed by atoms with Crippen molar-refractivity contribution >= 4 is 11.0 Å². The molecule has 2 aromatic heterocycles. The Balaban J connectivity index is 2.46. The predicted octanol–water partition coefficient (Wildman–Crippen LogP) is 1.72. The predicted molar refractivity (Wildman–Crippen MR) is 59.1 cm³/mol. The van der Waals surface area contributed by atoms with Crippen LogP contribution in [0.3, 0.4) is 0 Å². The molecule has 76 valence electrons. The summed E-state index contributed by atoms with van der Waals surface area (Å²) in [5, 5.41) is 0.723. The van der Waals surface area contributed by atoms with E-state index >= 15 is 0 Å². The molecule has 3 heteroatoms. The van der Waals surface area contributed by atoms with E-state index in [1.54, 1.807) is 0 Å². The fraction of sp³-hybridized carbons (Fsp3) is 0.333. The summed E-state index contributed by atoms with van der Waals surface area (Å²) in [7, 11) is 0. The van der Waals surface area contributed by atoms with Crippen LogP contribution in [0.5, 0.6) is 0 Å². The van der Waals surface area contributed by atoms with E-state index in [1.807, 2.05) is 19.1 Å². The first kappa shape index (κ1) is 8.65. The highest BCUT2D eigenvalue weighted by atomic mass is 16.1. The summed E-state index contributed by atoms with van der Waals surface area (Å²) in [6.07, 6.45) is 2.97. The molecule has 0 amide bonds. The van der Waals surface area contributed by atoms with Crippen molar-refractivity contribution in [2.45, 2.75) is 26.2 Å². The molecule has 0 unspecified atom stereocenters. The van der Waals surface area contributed by atoms with Gasteiger partial charge in [-0.2, -0.15) is 0 Å². The van der Waals surface area contributed by atoms with E-state index < -0.39 is 0 Å². The second-order valence-corrected chi connectivity index (χ2v) is 4.11. The van der Waals surface area contributed by atoms with Crippen molar-refractivity contribution in [3.05, 3.63) is 39.3 Å². The van der Waals surface area contributed by atoms with Gasteiger partial charge >= 0.3 is 0 Å². The Morgan fingerprint density at radius 2 is 2.20 bits per heavy atom. The molecule has 0 aromatic carbocycles. The number of pyridine rings is 2. The van der Waals surface area contributed by atoms with Gasteiger partial charge < -0.3 is 4.98 Å². The second kappa shape index (κ2) is 2.92. The van der Waals surface area contributed by atoms with E-state index in [-0.39, 0.29) is 5.43 Å². The molecule has 0 spiro atoms. The number of aromatic nitrogens is 2. The van der Waals surface area contributed by atoms with Gasteiger partial charge in [0.15, 0.2) is 5.43 Å². The lowest BCUT2D eigenvalue weighted by atomic mass is 10.1. The lowest BCUT2D eigenvalue weighted by Gasteiger charge is -2.03. The number of hydrogen-bond donors (Lipinski definition) is 1. The van der Waals surface area contributed by atoms with Crippen LogP contribution in [0.1, 0.15) is 23.4 Å². The molecule has 1 aliphatic carbocycles. The summed E-state index contributed by atoms with van der Waals surface area (Å²) in [4.78, 5) is 19.7. The van der Waals surface area contributed by atoms with Gasteiger partial charge in [-0.3, -0.25) is 4.79 Å². The number of hydrogen-bond acceptors (Lipinski definition) is 2. The minimum Gasteiger partial charge on any atom is -0.343 e. The van der Waals surface area contributed by atoms with Crippen LogP contribution in [0.25, 0.3) is 11.0 Å². The minimum atomic E-state index is 0.170. The average molecular weight is 200 g/mol. The number of H-pyrrole nitrogens is 1. The van der Waals surface area contributed by atoms with Crippen molar-refractivity contribution in [2.24, 2.45) is 0 Å². The highest BCUT2D eigenvalue weighted by Crippen LogP contribution is 2.19. The lowest BCUT2D eigenvalue weighted by Crippen LogP contribution is -2.11. The van der Waals surface area contributed by atoms with Gasteiger partial charge in [0.2, 0.25) is 0 Å². The first-order chi connectivity index (χ1) is 7.25. The van der Waals surface area contributed by atoms with Crippen LogP contribution in [-0.4, -0.2) is 9.97 Å². The molecule has 0 fully saturated rings. The summed E-state index contributed by atoms with van der Waals surface area (Å²) in [6.45, 7) is 1.94. The maximum absolute atomic E-state index is 12.1. The molecule has 0 saturated heterocycles. The molecular weight excluding hydrogens is 188 g/mol. The molecule has 0 atom stereocenters. The number of aryl methyl sites for hydroxylation is 2. The highest BCUT2D eigenvalue weighted by molar-refractivity contribution is 5.76. The molecule has 3 nitrogen and oxygen atoms in total. The first-order valence-corrected chi connectivity index (χ1v) is 5.27. The summed E-state index contributed by atoms with van der Waals surface area (Å²) in [6, 6.07) is 3.76. The number of nitrogens with zero attached hydrogens (tertiary/aromatic N) is 1. The van der Waals surface area contributed by atoms with Crippen molar-refractivity contribution in [3.63, 3.8) is 0 Å². The molecule has 2 aromatic rings. The van der Waals surface area contributed by atoms with Crippen LogP contribution < -0.4 is 5.43 Å². The highest BCUT2D eigenvalue weighted by Gasteiger charge is 2.17. The molecule has 1 aliphatic rings. The smallest absolute Gasteiger partial charge is 0.194 e. The van der Waals surface area contributed by atoms with Crippen molar-refractivity contribution in [1.29, 1.82) is 0 Å². The zero-order chi connectivity index (χ0) is 10.4. The standard InChI is InChI=1S/C12H12N2O/c1-7-5-6-9-11(15)8-3-2-4-10(8)14-12(9)13-7/h5-6H,2-4H2,1H3,(H,13,14,15). The monoisotopic (exact) mass is 200 g/mol. The quantitative estimate of drug-likeness (QED) is 0.703. The summed E-state index contributed by atoms with van der Waals surface area (Å²) < 4.78 is 0. The number of rotatable bonds is 0. The van der Waals surface area contributed by atoms with Gasteiger partial charge in [-0.15, -0.1) is 0 Å². The van der Waals surface area contributed by atoms with E-state index in [2.05, 4.69) is 9.97 Å². The van der Waals surface area contributed by atoms with Gasteiger partial charge in [-0.25, -0.2) is 4.98 Å². The van der Waals surface area contributed by atoms with Gasteiger partial charge in [0.25, 0.3) is 0 Å². The summed E-state index contributed by atoms with van der Waals surface area (Å²) in [5.41, 5.74) is 3.90. The van der Waals surface area contributed by atoms with Crippen LogP contribution in [0.2, 0.25) is 0 Å². The Hall–Kier alpha value is -1.64. The average Bonchev–Trinajstić information content (AvgIpc) is 2.65. The van der Waals surface area contributed by atoms with Gasteiger partial charge in [0.1, 0.15) is 5.65 Å². The Kier molecular flexibility index (Phi) is 1.69. The van der Waals surface area contributed by atoms with Gasteiger partial charge in [-0.05, 0) is 38.3 Å². The molecule has 2 heterocycles. The van der Waals surface area contributed by atoms with Crippen molar-refractivity contribution in [2.75, 3.05) is 0 Å². The van der Waals surface area contributed by atoms with E-state index in [1.165, 1.54) is 0 Å². The fourth-order valence-electron chi connectivity index (χ4n) is 2.27. The molecule has 0 saturated carbocycles. The summed E-state index contributed by atoms with van der Waals surface area (Å²) in [5.74, 6) is 0. The maximum atomic E-state index is 12.1. The zero-order valence-corrected chi connectivity index (χ0v) is 8.63. The van der Waals surface area contributed by atoms with E-state index in [0.717, 1.165) is 47.2 Å². The second-order valence-electron chi connectivity index (χ2n) is 4.11. The Bertz CT molecular complexity index is 598. The number of aromatic amines is 1. The zero-order valence-electron chi connectivity index (χ0n) is 8.63. The number of fused-ring (bicyclic) bond motifs is 2. The Morgan fingerprint density at radius 1 is 1.33 bits per heavy atom. The van der Waals surface area contributed by atoms with Crippen molar-refractivity contribution in [1.82, 2.24) is 9.97 Å². The molecule has 1 N–H and O–H groups in total. The molecule has 0 aliphatic heterocycles. The fourth-order valence-corrected chi connectivity index (χ4v) is 2.27. The van der Waals surface area contributed by atoms with Gasteiger partial charge in [0, 0.05) is 17.0 Å². The van der Waals surface area contributed by atoms with Crippen molar-refractivity contribution < 1.29 is 0 Å². The van der Waals surface area contributed by atoms with Crippen LogP contribution >= 0.6 is 0 Å². The van der Waals surface area contributed by atoms with E-state index in [4.69, 9.17) is 0 Å². The Labute approximate surface area is 87.2 Å². The van der Waals surface area contributed by atoms with Crippen LogP contribution in [0.4, 0.5) is 0 Å². The SMILES string of the molecule is Cc1ccc2c(=O)c3c([nH]c2n1)CCC3. The molecule has 0 bridgehead atoms. The first-order valence-electron chi connectivity index (χ1n) is 5.27. The normalized spacial score (nSPS) is 14.5. The third-order valence-corrected chi connectivity index (χ3v) is 3.04. The largest absolute Gasteiger partial charge is 0.343 e. The molecule has 15 heavy (non-hydrogen) atoms. The molecule has 0 radical (unpaired) electrons. The van der Waals surface area contributed by atoms with E-state index in [9.17, 15) is 4.79 Å². The van der Waals surface area contributed by atoms with Gasteiger partial charge in [0.05, 0.1) is 5.39 Å².